The highest BCUT2D eigenvalue weighted by Gasteiger charge is 2.12. The van der Waals surface area contributed by atoms with E-state index in [0.29, 0.717) is 19.3 Å². The van der Waals surface area contributed by atoms with E-state index in [-0.39, 0.29) is 5.78 Å². The summed E-state index contributed by atoms with van der Waals surface area (Å²) in [6.45, 7) is 2.96. The Balaban J connectivity index is 1.30. The van der Waals surface area contributed by atoms with Crippen LogP contribution in [0.3, 0.4) is 0 Å². The number of carbonyl (C=O) groups excluding carboxylic acids is 1. The van der Waals surface area contributed by atoms with Gasteiger partial charge < -0.3 is 4.57 Å². The Morgan fingerprint density at radius 3 is 2.28 bits per heavy atom. The van der Waals surface area contributed by atoms with Gasteiger partial charge in [0.05, 0.1) is 11.9 Å². The monoisotopic (exact) mass is 423 g/mol. The molecule has 0 aliphatic carbocycles. The maximum Gasteiger partial charge on any atom is 0.137 e. The van der Waals surface area contributed by atoms with Crippen LogP contribution >= 0.6 is 0 Å². The van der Waals surface area contributed by atoms with Crippen LogP contribution in [0.15, 0.2) is 85.2 Å². The van der Waals surface area contributed by atoms with Crippen LogP contribution in [0.5, 0.6) is 0 Å². The number of hydrogen-bond acceptors (Lipinski definition) is 3. The number of imidazole rings is 1. The third kappa shape index (κ3) is 5.58. The van der Waals surface area contributed by atoms with Crippen LogP contribution in [0, 0.1) is 0 Å². The van der Waals surface area contributed by atoms with Crippen LogP contribution in [0.1, 0.15) is 36.0 Å². The van der Waals surface area contributed by atoms with E-state index in [9.17, 15) is 4.79 Å². The first-order valence-electron chi connectivity index (χ1n) is 11.3. The Bertz CT molecular complexity index is 1130. The summed E-state index contributed by atoms with van der Waals surface area (Å²) < 4.78 is 2.21. The van der Waals surface area contributed by atoms with Crippen molar-refractivity contribution in [1.29, 1.82) is 0 Å². The van der Waals surface area contributed by atoms with Crippen LogP contribution < -0.4 is 0 Å². The summed E-state index contributed by atoms with van der Waals surface area (Å²) >= 11 is 0. The van der Waals surface area contributed by atoms with Crippen molar-refractivity contribution < 1.29 is 4.79 Å². The Morgan fingerprint density at radius 2 is 1.56 bits per heavy atom. The molecule has 0 atom stereocenters. The molecule has 0 spiro atoms. The number of carbonyl (C=O) groups is 1. The van der Waals surface area contributed by atoms with Crippen molar-refractivity contribution in [3.05, 3.63) is 108 Å². The van der Waals surface area contributed by atoms with Crippen molar-refractivity contribution in [2.75, 3.05) is 0 Å². The van der Waals surface area contributed by atoms with Gasteiger partial charge in [0, 0.05) is 37.7 Å². The number of aryl methyl sites for hydroxylation is 3. The molecule has 32 heavy (non-hydrogen) atoms. The van der Waals surface area contributed by atoms with E-state index in [1.165, 1.54) is 5.56 Å². The molecule has 2 aromatic heterocycles. The second-order valence-electron chi connectivity index (χ2n) is 8.02. The van der Waals surface area contributed by atoms with E-state index in [2.05, 4.69) is 63.9 Å². The normalized spacial score (nSPS) is 10.9. The number of ketones is 1. The van der Waals surface area contributed by atoms with Gasteiger partial charge in [-0.05, 0) is 48.6 Å². The standard InChI is InChI=1S/C28H29N3O/c1-2-31-27(24-8-4-3-5-9-24)21-30-28(31)18-17-26(32)20-23-13-11-22(12-14-23)15-16-25-10-6-7-19-29-25/h3-14,19,21H,2,15-18,20H2,1H3. The Morgan fingerprint density at radius 1 is 0.812 bits per heavy atom. The lowest BCUT2D eigenvalue weighted by Crippen LogP contribution is -2.09. The number of benzene rings is 2. The molecule has 4 heteroatoms. The molecular formula is C28H29N3O. The zero-order valence-corrected chi connectivity index (χ0v) is 18.6. The highest BCUT2D eigenvalue weighted by molar-refractivity contribution is 5.81. The fourth-order valence-corrected chi connectivity index (χ4v) is 4.02. The van der Waals surface area contributed by atoms with Crippen molar-refractivity contribution in [3.8, 4) is 11.3 Å². The molecule has 162 valence electrons. The van der Waals surface area contributed by atoms with Gasteiger partial charge in [-0.2, -0.15) is 0 Å². The topological polar surface area (TPSA) is 47.8 Å². The molecule has 0 aliphatic rings. The summed E-state index contributed by atoms with van der Waals surface area (Å²) in [5, 5.41) is 0. The molecule has 4 rings (SSSR count). The fraction of sp³-hybridized carbons (Fsp3) is 0.250. The smallest absolute Gasteiger partial charge is 0.137 e. The Kier molecular flexibility index (Phi) is 7.23. The predicted octanol–water partition coefficient (Wildman–Crippen LogP) is 5.49. The van der Waals surface area contributed by atoms with Gasteiger partial charge in [-0.15, -0.1) is 0 Å². The molecule has 0 saturated carbocycles. The highest BCUT2D eigenvalue weighted by atomic mass is 16.1. The van der Waals surface area contributed by atoms with Crippen molar-refractivity contribution in [1.82, 2.24) is 14.5 Å². The van der Waals surface area contributed by atoms with Crippen LogP contribution in [0.4, 0.5) is 0 Å². The maximum atomic E-state index is 12.6. The van der Waals surface area contributed by atoms with Crippen LogP contribution in [0.2, 0.25) is 0 Å². The van der Waals surface area contributed by atoms with E-state index in [0.717, 1.165) is 47.7 Å². The zero-order chi connectivity index (χ0) is 22.2. The Labute approximate surface area is 190 Å². The number of Topliss-reactive ketones (excluding diaryl/α,β-unsaturated/α-hetero) is 1. The van der Waals surface area contributed by atoms with Crippen LogP contribution in [-0.4, -0.2) is 20.3 Å². The minimum Gasteiger partial charge on any atom is -0.328 e. The van der Waals surface area contributed by atoms with Crippen LogP contribution in [-0.2, 0) is 37.0 Å². The first kappa shape index (κ1) is 21.7. The molecule has 0 unspecified atom stereocenters. The van der Waals surface area contributed by atoms with Crippen molar-refractivity contribution in [3.63, 3.8) is 0 Å². The first-order valence-corrected chi connectivity index (χ1v) is 11.3. The molecule has 0 radical (unpaired) electrons. The molecule has 0 amide bonds. The van der Waals surface area contributed by atoms with Gasteiger partial charge in [0.2, 0.25) is 0 Å². The SMILES string of the molecule is CCn1c(-c2ccccc2)cnc1CCC(=O)Cc1ccc(CCc2ccccn2)cc1. The van der Waals surface area contributed by atoms with Gasteiger partial charge in [0.25, 0.3) is 0 Å². The van der Waals surface area contributed by atoms with E-state index in [1.54, 1.807) is 0 Å². The quantitative estimate of drug-likeness (QED) is 0.339. The maximum absolute atomic E-state index is 12.6. The first-order chi connectivity index (χ1) is 15.7. The van der Waals surface area contributed by atoms with Gasteiger partial charge in [-0.1, -0.05) is 60.7 Å². The number of aromatic nitrogens is 3. The molecule has 4 nitrogen and oxygen atoms in total. The van der Waals surface area contributed by atoms with E-state index >= 15 is 0 Å². The van der Waals surface area contributed by atoms with Gasteiger partial charge in [-0.3, -0.25) is 9.78 Å². The summed E-state index contributed by atoms with van der Waals surface area (Å²) in [5.41, 5.74) is 5.71. The number of rotatable bonds is 10. The molecule has 0 bridgehead atoms. The molecule has 0 saturated heterocycles. The summed E-state index contributed by atoms with van der Waals surface area (Å²) in [6.07, 6.45) is 7.28. The minimum absolute atomic E-state index is 0.248. The summed E-state index contributed by atoms with van der Waals surface area (Å²) in [6, 6.07) is 24.7. The van der Waals surface area contributed by atoms with Gasteiger partial charge in [-0.25, -0.2) is 4.98 Å². The summed E-state index contributed by atoms with van der Waals surface area (Å²) in [4.78, 5) is 21.6. The number of hydrogen-bond donors (Lipinski definition) is 0. The highest BCUT2D eigenvalue weighted by Crippen LogP contribution is 2.21. The third-order valence-electron chi connectivity index (χ3n) is 5.77. The van der Waals surface area contributed by atoms with Gasteiger partial charge in [0.1, 0.15) is 11.6 Å². The average Bonchev–Trinajstić information content (AvgIpc) is 3.26. The Hall–Kier alpha value is -3.53. The largest absolute Gasteiger partial charge is 0.328 e. The van der Waals surface area contributed by atoms with E-state index in [4.69, 9.17) is 0 Å². The number of nitrogens with zero attached hydrogens (tertiary/aromatic N) is 3. The van der Waals surface area contributed by atoms with E-state index < -0.39 is 0 Å². The molecule has 0 aliphatic heterocycles. The molecule has 0 fully saturated rings. The lowest BCUT2D eigenvalue weighted by Gasteiger charge is -2.09. The molecule has 2 heterocycles. The lowest BCUT2D eigenvalue weighted by molar-refractivity contribution is -0.118. The van der Waals surface area contributed by atoms with Crippen molar-refractivity contribution in [2.45, 2.75) is 45.6 Å². The minimum atomic E-state index is 0.248. The average molecular weight is 424 g/mol. The lowest BCUT2D eigenvalue weighted by atomic mass is 10.0. The molecular weight excluding hydrogens is 394 g/mol. The molecule has 4 aromatic rings. The number of pyridine rings is 1. The van der Waals surface area contributed by atoms with Gasteiger partial charge in [0.15, 0.2) is 0 Å². The van der Waals surface area contributed by atoms with Gasteiger partial charge >= 0.3 is 0 Å². The predicted molar refractivity (Wildman–Crippen MR) is 128 cm³/mol. The van der Waals surface area contributed by atoms with Crippen molar-refractivity contribution in [2.24, 2.45) is 0 Å². The molecule has 0 N–H and O–H groups in total. The van der Waals surface area contributed by atoms with E-state index in [1.807, 2.05) is 42.7 Å². The fourth-order valence-electron chi connectivity index (χ4n) is 4.02. The summed E-state index contributed by atoms with van der Waals surface area (Å²) in [7, 11) is 0. The second kappa shape index (κ2) is 10.7. The zero-order valence-electron chi connectivity index (χ0n) is 18.6. The van der Waals surface area contributed by atoms with Crippen molar-refractivity contribution >= 4 is 5.78 Å². The second-order valence-corrected chi connectivity index (χ2v) is 8.02. The summed E-state index contributed by atoms with van der Waals surface area (Å²) in [5.74, 6) is 1.22. The third-order valence-corrected chi connectivity index (χ3v) is 5.77. The van der Waals surface area contributed by atoms with Crippen LogP contribution in [0.25, 0.3) is 11.3 Å². The molecule has 2 aromatic carbocycles.